The molecule has 3 rings (SSSR count). The molecule has 1 N–H and O–H groups in total. The maximum Gasteiger partial charge on any atom is 0.244 e. The van der Waals surface area contributed by atoms with E-state index in [1.54, 1.807) is 4.90 Å². The highest BCUT2D eigenvalue weighted by Gasteiger charge is 2.28. The summed E-state index contributed by atoms with van der Waals surface area (Å²) in [4.78, 5) is 13.7. The summed E-state index contributed by atoms with van der Waals surface area (Å²) in [7, 11) is -4.12. The van der Waals surface area contributed by atoms with Gasteiger partial charge in [-0.05, 0) is 36.6 Å². The third-order valence-electron chi connectivity index (χ3n) is 4.49. The summed E-state index contributed by atoms with van der Waals surface area (Å²) in [5.74, 6) is -1.18. The first-order valence-electron chi connectivity index (χ1n) is 8.68. The van der Waals surface area contributed by atoms with Crippen molar-refractivity contribution in [3.8, 4) is 0 Å². The summed E-state index contributed by atoms with van der Waals surface area (Å²) >= 11 is 0. The van der Waals surface area contributed by atoms with E-state index in [4.69, 9.17) is 0 Å². The minimum atomic E-state index is -4.12. The summed E-state index contributed by atoms with van der Waals surface area (Å²) in [6.45, 7) is 2.39. The maximum atomic E-state index is 13.8. The molecule has 0 aliphatic carbocycles. The lowest BCUT2D eigenvalue weighted by Crippen LogP contribution is -2.48. The number of nitrogens with one attached hydrogen (secondary N) is 1. The Balaban J connectivity index is 1.66. The number of amides is 1. The zero-order chi connectivity index (χ0) is 19.4. The fourth-order valence-electron chi connectivity index (χ4n) is 3.07. The van der Waals surface area contributed by atoms with Gasteiger partial charge in [0.25, 0.3) is 0 Å². The lowest BCUT2D eigenvalue weighted by atomic mass is 9.99. The predicted molar refractivity (Wildman–Crippen MR) is 102 cm³/mol. The molecule has 142 valence electrons. The number of hydrogen-bond donors (Lipinski definition) is 1. The number of halogens is 1. The van der Waals surface area contributed by atoms with Crippen LogP contribution in [0.5, 0.6) is 0 Å². The minimum Gasteiger partial charge on any atom is -0.337 e. The lowest BCUT2D eigenvalue weighted by Gasteiger charge is -2.29. The molecule has 0 radical (unpaired) electrons. The number of rotatable bonds is 5. The number of hydrogen-bond acceptors (Lipinski definition) is 3. The molecule has 0 unspecified atom stereocenters. The van der Waals surface area contributed by atoms with Crippen molar-refractivity contribution in [3.05, 3.63) is 72.1 Å². The van der Waals surface area contributed by atoms with Crippen molar-refractivity contribution < 1.29 is 17.6 Å². The molecule has 1 aliphatic heterocycles. The number of carbonyl (C=O) groups excluding carboxylic acids is 1. The van der Waals surface area contributed by atoms with Crippen LogP contribution in [0.2, 0.25) is 0 Å². The molecular formula is C20H21FN2O3S. The molecule has 0 bridgehead atoms. The summed E-state index contributed by atoms with van der Waals surface area (Å²) in [5, 5.41) is 0. The van der Waals surface area contributed by atoms with Crippen LogP contribution in [0.25, 0.3) is 5.57 Å². The highest BCUT2D eigenvalue weighted by atomic mass is 32.2. The van der Waals surface area contributed by atoms with Gasteiger partial charge in [-0.1, -0.05) is 48.5 Å². The van der Waals surface area contributed by atoms with Gasteiger partial charge in [0, 0.05) is 13.1 Å². The second-order valence-electron chi connectivity index (χ2n) is 6.40. The Labute approximate surface area is 158 Å². The molecular weight excluding hydrogens is 367 g/mol. The van der Waals surface area contributed by atoms with Crippen LogP contribution in [0.4, 0.5) is 4.39 Å². The molecule has 1 aliphatic rings. The van der Waals surface area contributed by atoms with Crippen molar-refractivity contribution in [2.45, 2.75) is 24.3 Å². The fraction of sp³-hybridized carbons (Fsp3) is 0.250. The Morgan fingerprint density at radius 2 is 1.78 bits per heavy atom. The summed E-state index contributed by atoms with van der Waals surface area (Å²) in [6.07, 6.45) is 2.68. The molecule has 0 fully saturated rings. The second kappa shape index (κ2) is 8.02. The first kappa shape index (κ1) is 19.3. The first-order chi connectivity index (χ1) is 12.9. The molecule has 1 heterocycles. The zero-order valence-corrected chi connectivity index (χ0v) is 15.7. The Bertz CT molecular complexity index is 958. The molecule has 2 aromatic carbocycles. The number of carbonyl (C=O) groups is 1. The van der Waals surface area contributed by atoms with E-state index in [1.165, 1.54) is 30.7 Å². The Kier molecular flexibility index (Phi) is 5.72. The number of benzene rings is 2. The van der Waals surface area contributed by atoms with Crippen LogP contribution in [0.1, 0.15) is 18.9 Å². The van der Waals surface area contributed by atoms with Crippen LogP contribution in [0.3, 0.4) is 0 Å². The molecule has 1 amide bonds. The van der Waals surface area contributed by atoms with Crippen molar-refractivity contribution in [3.63, 3.8) is 0 Å². The van der Waals surface area contributed by atoms with E-state index in [9.17, 15) is 17.6 Å². The van der Waals surface area contributed by atoms with Gasteiger partial charge in [-0.2, -0.15) is 4.72 Å². The van der Waals surface area contributed by atoms with Gasteiger partial charge in [0.1, 0.15) is 10.7 Å². The van der Waals surface area contributed by atoms with E-state index in [0.29, 0.717) is 19.5 Å². The average molecular weight is 388 g/mol. The van der Waals surface area contributed by atoms with Gasteiger partial charge in [-0.25, -0.2) is 12.8 Å². The van der Waals surface area contributed by atoms with Gasteiger partial charge < -0.3 is 4.90 Å². The highest BCUT2D eigenvalue weighted by Crippen LogP contribution is 2.22. The van der Waals surface area contributed by atoms with E-state index in [0.717, 1.165) is 11.6 Å². The molecule has 0 saturated carbocycles. The smallest absolute Gasteiger partial charge is 0.244 e. The standard InChI is InChI=1S/C20H21FN2O3S/c1-15(22-27(25,26)19-10-6-5-9-18(19)21)20(24)23-13-11-17(12-14-23)16-7-3-2-4-8-16/h2-11,15,22H,12-14H2,1H3/t15-/m0/s1. The lowest BCUT2D eigenvalue weighted by molar-refractivity contribution is -0.132. The molecule has 0 saturated heterocycles. The third-order valence-corrected chi connectivity index (χ3v) is 6.07. The molecule has 2 aromatic rings. The van der Waals surface area contributed by atoms with Crippen molar-refractivity contribution >= 4 is 21.5 Å². The highest BCUT2D eigenvalue weighted by molar-refractivity contribution is 7.89. The van der Waals surface area contributed by atoms with Crippen molar-refractivity contribution in [1.82, 2.24) is 9.62 Å². The maximum absolute atomic E-state index is 13.8. The third kappa shape index (κ3) is 4.43. The van der Waals surface area contributed by atoms with E-state index >= 15 is 0 Å². The van der Waals surface area contributed by atoms with Crippen LogP contribution in [0.15, 0.2) is 65.6 Å². The second-order valence-corrected chi connectivity index (χ2v) is 8.09. The quantitative estimate of drug-likeness (QED) is 0.857. The number of nitrogens with zero attached hydrogens (tertiary/aromatic N) is 1. The van der Waals surface area contributed by atoms with E-state index in [-0.39, 0.29) is 5.91 Å². The Hall–Kier alpha value is -2.51. The van der Waals surface area contributed by atoms with Crippen LogP contribution in [-0.2, 0) is 14.8 Å². The molecule has 7 heteroatoms. The molecule has 27 heavy (non-hydrogen) atoms. The summed E-state index contributed by atoms with van der Waals surface area (Å²) in [6, 6.07) is 14.0. The number of sulfonamides is 1. The first-order valence-corrected chi connectivity index (χ1v) is 10.2. The molecule has 5 nitrogen and oxygen atoms in total. The van der Waals surface area contributed by atoms with E-state index in [1.807, 2.05) is 36.4 Å². The van der Waals surface area contributed by atoms with Gasteiger partial charge in [0.05, 0.1) is 6.04 Å². The van der Waals surface area contributed by atoms with E-state index in [2.05, 4.69) is 4.72 Å². The van der Waals surface area contributed by atoms with Crippen LogP contribution >= 0.6 is 0 Å². The van der Waals surface area contributed by atoms with Crippen molar-refractivity contribution in [1.29, 1.82) is 0 Å². The van der Waals surface area contributed by atoms with Crippen molar-refractivity contribution in [2.75, 3.05) is 13.1 Å². The minimum absolute atomic E-state index is 0.335. The van der Waals surface area contributed by atoms with Crippen LogP contribution < -0.4 is 4.72 Å². The Morgan fingerprint density at radius 1 is 1.11 bits per heavy atom. The summed E-state index contributed by atoms with van der Waals surface area (Å²) in [5.41, 5.74) is 2.29. The molecule has 1 atom stereocenters. The Morgan fingerprint density at radius 3 is 2.41 bits per heavy atom. The van der Waals surface area contributed by atoms with Crippen molar-refractivity contribution in [2.24, 2.45) is 0 Å². The monoisotopic (exact) mass is 388 g/mol. The molecule has 0 aromatic heterocycles. The van der Waals surface area contributed by atoms with Crippen LogP contribution in [-0.4, -0.2) is 38.4 Å². The van der Waals surface area contributed by atoms with Crippen LogP contribution in [0, 0.1) is 5.82 Å². The molecule has 0 spiro atoms. The zero-order valence-electron chi connectivity index (χ0n) is 14.9. The normalized spacial score (nSPS) is 15.9. The van der Waals surface area contributed by atoms with Gasteiger partial charge in [0.15, 0.2) is 0 Å². The van der Waals surface area contributed by atoms with Gasteiger partial charge in [-0.15, -0.1) is 0 Å². The van der Waals surface area contributed by atoms with Gasteiger partial charge in [-0.3, -0.25) is 4.79 Å². The largest absolute Gasteiger partial charge is 0.337 e. The fourth-order valence-corrected chi connectivity index (χ4v) is 4.34. The SMILES string of the molecule is C[C@H](NS(=O)(=O)c1ccccc1F)C(=O)N1CC=C(c2ccccc2)CC1. The summed E-state index contributed by atoms with van der Waals surface area (Å²) < 4.78 is 40.8. The van der Waals surface area contributed by atoms with Gasteiger partial charge in [0.2, 0.25) is 15.9 Å². The van der Waals surface area contributed by atoms with E-state index < -0.39 is 26.8 Å². The predicted octanol–water partition coefficient (Wildman–Crippen LogP) is 2.81. The average Bonchev–Trinajstić information content (AvgIpc) is 2.68. The topological polar surface area (TPSA) is 66.5 Å². The van der Waals surface area contributed by atoms with Gasteiger partial charge >= 0.3 is 0 Å².